The monoisotopic (exact) mass is 295 g/mol. The van der Waals surface area contributed by atoms with Crippen LogP contribution in [0.15, 0.2) is 36.7 Å². The van der Waals surface area contributed by atoms with Gasteiger partial charge in [0.15, 0.2) is 0 Å². The van der Waals surface area contributed by atoms with Crippen LogP contribution in [0, 0.1) is 0 Å². The Kier molecular flexibility index (Phi) is 4.52. The van der Waals surface area contributed by atoms with Gasteiger partial charge < -0.3 is 9.64 Å². The standard InChI is InChI=1S/C14H15F2N3O2/c1-18(9-12-17-7-8-19(12)14(15)16)11-6-4-3-5-10(11)13(20)21-2/h3-8,14H,9H2,1-2H3. The van der Waals surface area contributed by atoms with Gasteiger partial charge in [0.05, 0.1) is 24.9 Å². The van der Waals surface area contributed by atoms with Crippen LogP contribution in [0.3, 0.4) is 0 Å². The van der Waals surface area contributed by atoms with Crippen LogP contribution in [-0.4, -0.2) is 29.7 Å². The SMILES string of the molecule is COC(=O)c1ccccc1N(C)Cc1nccn1C(F)F. The van der Waals surface area contributed by atoms with Crippen molar-refractivity contribution in [2.45, 2.75) is 13.1 Å². The molecule has 0 unspecified atom stereocenters. The summed E-state index contributed by atoms with van der Waals surface area (Å²) < 4.78 is 31.1. The quantitative estimate of drug-likeness (QED) is 0.796. The van der Waals surface area contributed by atoms with Gasteiger partial charge in [0.25, 0.3) is 0 Å². The number of carbonyl (C=O) groups is 1. The van der Waals surface area contributed by atoms with Crippen LogP contribution in [0.4, 0.5) is 14.5 Å². The first-order valence-electron chi connectivity index (χ1n) is 6.23. The van der Waals surface area contributed by atoms with Gasteiger partial charge in [-0.15, -0.1) is 0 Å². The van der Waals surface area contributed by atoms with Crippen molar-refractivity contribution in [3.8, 4) is 0 Å². The number of carbonyl (C=O) groups excluding carboxylic acids is 1. The summed E-state index contributed by atoms with van der Waals surface area (Å²) in [4.78, 5) is 17.3. The second-order valence-electron chi connectivity index (χ2n) is 4.39. The average Bonchev–Trinajstić information content (AvgIpc) is 2.94. The molecule has 112 valence electrons. The molecule has 0 saturated heterocycles. The molecule has 1 aromatic carbocycles. The lowest BCUT2D eigenvalue weighted by molar-refractivity contribution is 0.0600. The Balaban J connectivity index is 2.26. The maximum absolute atomic E-state index is 12.8. The summed E-state index contributed by atoms with van der Waals surface area (Å²) in [6.45, 7) is -2.50. The highest BCUT2D eigenvalue weighted by Crippen LogP contribution is 2.22. The summed E-state index contributed by atoms with van der Waals surface area (Å²) in [5.74, 6) is -0.262. The van der Waals surface area contributed by atoms with Gasteiger partial charge in [-0.05, 0) is 12.1 Å². The molecule has 1 heterocycles. The molecule has 1 aromatic heterocycles. The van der Waals surface area contributed by atoms with Crippen LogP contribution in [0.5, 0.6) is 0 Å². The number of methoxy groups -OCH3 is 1. The van der Waals surface area contributed by atoms with Gasteiger partial charge in [-0.3, -0.25) is 4.57 Å². The molecule has 0 spiro atoms. The Morgan fingerprint density at radius 1 is 1.43 bits per heavy atom. The van der Waals surface area contributed by atoms with Gasteiger partial charge in [-0.25, -0.2) is 9.78 Å². The molecular formula is C14H15F2N3O2. The summed E-state index contributed by atoms with van der Waals surface area (Å²) in [6.07, 6.45) is 2.54. The van der Waals surface area contributed by atoms with Gasteiger partial charge in [-0.2, -0.15) is 8.78 Å². The minimum absolute atomic E-state index is 0.144. The van der Waals surface area contributed by atoms with Crippen LogP contribution < -0.4 is 4.90 Å². The highest BCUT2D eigenvalue weighted by atomic mass is 19.3. The number of esters is 1. The molecule has 0 aliphatic heterocycles. The van der Waals surface area contributed by atoms with E-state index in [-0.39, 0.29) is 12.4 Å². The number of hydrogen-bond acceptors (Lipinski definition) is 4. The summed E-state index contributed by atoms with van der Waals surface area (Å²) >= 11 is 0. The van der Waals surface area contributed by atoms with Crippen molar-refractivity contribution in [1.29, 1.82) is 0 Å². The van der Waals surface area contributed by atoms with E-state index in [0.717, 1.165) is 4.57 Å². The summed E-state index contributed by atoms with van der Waals surface area (Å²) in [5.41, 5.74) is 0.964. The van der Waals surface area contributed by atoms with E-state index < -0.39 is 12.5 Å². The molecule has 0 fully saturated rings. The predicted molar refractivity (Wildman–Crippen MR) is 73.4 cm³/mol. The normalized spacial score (nSPS) is 10.7. The Hall–Kier alpha value is -2.44. The van der Waals surface area contributed by atoms with Crippen molar-refractivity contribution in [3.05, 3.63) is 48.0 Å². The van der Waals surface area contributed by atoms with E-state index in [9.17, 15) is 13.6 Å². The number of imidazole rings is 1. The first-order chi connectivity index (χ1) is 10.0. The molecular weight excluding hydrogens is 280 g/mol. The highest BCUT2D eigenvalue weighted by Gasteiger charge is 2.17. The van der Waals surface area contributed by atoms with E-state index in [4.69, 9.17) is 4.74 Å². The molecule has 0 aliphatic carbocycles. The minimum atomic E-state index is -2.65. The fraction of sp³-hybridized carbons (Fsp3) is 0.286. The van der Waals surface area contributed by atoms with Crippen LogP contribution in [0.25, 0.3) is 0 Å². The number of benzene rings is 1. The molecule has 5 nitrogen and oxygen atoms in total. The number of anilines is 1. The maximum atomic E-state index is 12.8. The summed E-state index contributed by atoms with van der Waals surface area (Å²) in [6, 6.07) is 6.82. The average molecular weight is 295 g/mol. The van der Waals surface area contributed by atoms with Gasteiger partial charge in [0, 0.05) is 19.4 Å². The lowest BCUT2D eigenvalue weighted by Crippen LogP contribution is -2.22. The van der Waals surface area contributed by atoms with E-state index >= 15 is 0 Å². The molecule has 7 heteroatoms. The molecule has 0 N–H and O–H groups in total. The zero-order valence-corrected chi connectivity index (χ0v) is 11.7. The molecule has 2 aromatic rings. The zero-order chi connectivity index (χ0) is 15.4. The van der Waals surface area contributed by atoms with Crippen LogP contribution in [-0.2, 0) is 11.3 Å². The lowest BCUT2D eigenvalue weighted by Gasteiger charge is -2.21. The Labute approximate surface area is 120 Å². The molecule has 2 rings (SSSR count). The first-order valence-corrected chi connectivity index (χ1v) is 6.23. The number of para-hydroxylation sites is 1. The van der Waals surface area contributed by atoms with Gasteiger partial charge in [0.2, 0.25) is 0 Å². The second-order valence-corrected chi connectivity index (χ2v) is 4.39. The molecule has 0 aliphatic rings. The van der Waals surface area contributed by atoms with Crippen LogP contribution >= 0.6 is 0 Å². The van der Waals surface area contributed by atoms with Crippen molar-refractivity contribution >= 4 is 11.7 Å². The number of hydrogen-bond donors (Lipinski definition) is 0. The van der Waals surface area contributed by atoms with Crippen molar-refractivity contribution in [1.82, 2.24) is 9.55 Å². The number of aromatic nitrogens is 2. The van der Waals surface area contributed by atoms with E-state index in [1.54, 1.807) is 36.2 Å². The first kappa shape index (κ1) is 15.0. The molecule has 0 amide bonds. The Bertz CT molecular complexity index is 628. The number of ether oxygens (including phenoxy) is 1. The molecule has 0 radical (unpaired) electrons. The molecule has 0 saturated carbocycles. The van der Waals surface area contributed by atoms with Gasteiger partial charge >= 0.3 is 12.5 Å². The Morgan fingerprint density at radius 2 is 2.14 bits per heavy atom. The smallest absolute Gasteiger partial charge is 0.339 e. The molecule has 0 bridgehead atoms. The zero-order valence-electron chi connectivity index (χ0n) is 11.7. The van der Waals surface area contributed by atoms with Crippen LogP contribution in [0.2, 0.25) is 0 Å². The van der Waals surface area contributed by atoms with Crippen molar-refractivity contribution < 1.29 is 18.3 Å². The highest BCUT2D eigenvalue weighted by molar-refractivity contribution is 5.95. The second kappa shape index (κ2) is 6.34. The lowest BCUT2D eigenvalue weighted by atomic mass is 10.1. The number of alkyl halides is 2. The van der Waals surface area contributed by atoms with Crippen molar-refractivity contribution in [2.24, 2.45) is 0 Å². The summed E-state index contributed by atoms with van der Waals surface area (Å²) in [5, 5.41) is 0. The number of nitrogens with zero attached hydrogens (tertiary/aromatic N) is 3. The fourth-order valence-corrected chi connectivity index (χ4v) is 2.03. The minimum Gasteiger partial charge on any atom is -0.465 e. The van der Waals surface area contributed by atoms with Crippen LogP contribution in [0.1, 0.15) is 22.7 Å². The summed E-state index contributed by atoms with van der Waals surface area (Å²) in [7, 11) is 2.99. The topological polar surface area (TPSA) is 47.4 Å². The third kappa shape index (κ3) is 3.18. The third-order valence-corrected chi connectivity index (χ3v) is 3.06. The Morgan fingerprint density at radius 3 is 2.81 bits per heavy atom. The van der Waals surface area contributed by atoms with Crippen molar-refractivity contribution in [3.63, 3.8) is 0 Å². The van der Waals surface area contributed by atoms with E-state index in [1.165, 1.54) is 19.5 Å². The largest absolute Gasteiger partial charge is 0.465 e. The van der Waals surface area contributed by atoms with Crippen molar-refractivity contribution in [2.75, 3.05) is 19.1 Å². The maximum Gasteiger partial charge on any atom is 0.339 e. The number of rotatable bonds is 5. The predicted octanol–water partition coefficient (Wildman–Crippen LogP) is 2.70. The van der Waals surface area contributed by atoms with E-state index in [1.807, 2.05) is 0 Å². The van der Waals surface area contributed by atoms with E-state index in [2.05, 4.69) is 4.98 Å². The van der Waals surface area contributed by atoms with E-state index in [0.29, 0.717) is 11.3 Å². The third-order valence-electron chi connectivity index (χ3n) is 3.06. The van der Waals surface area contributed by atoms with Gasteiger partial charge in [0.1, 0.15) is 5.82 Å². The van der Waals surface area contributed by atoms with Gasteiger partial charge in [-0.1, -0.05) is 12.1 Å². The fourth-order valence-electron chi connectivity index (χ4n) is 2.03. The molecule has 21 heavy (non-hydrogen) atoms. The number of halogens is 2. The molecule has 0 atom stereocenters.